The van der Waals surface area contributed by atoms with E-state index in [1.54, 1.807) is 55.7 Å². The summed E-state index contributed by atoms with van der Waals surface area (Å²) in [4.78, 5) is 55.8. The number of benzene rings is 5. The fourth-order valence-electron chi connectivity index (χ4n) is 9.14. The first-order chi connectivity index (χ1) is 33.0. The Kier molecular flexibility index (Phi) is 13.9. The molecule has 68 heavy (non-hydrogen) atoms. The Hall–Kier alpha value is -6.60. The van der Waals surface area contributed by atoms with Crippen LogP contribution in [0.4, 0.5) is 28.4 Å². The summed E-state index contributed by atoms with van der Waals surface area (Å²) in [7, 11) is 6.28. The molecular formula is C50H52N6O10S2. The number of carbonyl (C=O) groups excluding carboxylic acids is 4. The van der Waals surface area contributed by atoms with Crippen LogP contribution in [0, 0.1) is 0 Å². The normalized spacial score (nSPS) is 18.6. The van der Waals surface area contributed by atoms with Crippen molar-refractivity contribution >= 4 is 73.7 Å². The number of methoxy groups -OCH3 is 2. The quantitative estimate of drug-likeness (QED) is 0.0391. The van der Waals surface area contributed by atoms with E-state index in [0.717, 1.165) is 34.0 Å². The number of nitrogens with one attached hydrogen (secondary N) is 3. The summed E-state index contributed by atoms with van der Waals surface area (Å²) in [5, 5.41) is 32.0. The van der Waals surface area contributed by atoms with Crippen molar-refractivity contribution in [2.45, 2.75) is 76.3 Å². The first kappa shape index (κ1) is 46.5. The summed E-state index contributed by atoms with van der Waals surface area (Å²) >= 11 is 0. The average molecular weight is 961 g/mol. The number of amides is 4. The average Bonchev–Trinajstić information content (AvgIpc) is 3.88. The summed E-state index contributed by atoms with van der Waals surface area (Å²) in [6.45, 7) is 0.0297. The van der Waals surface area contributed by atoms with Crippen molar-refractivity contribution in [1.29, 1.82) is 0 Å². The lowest BCUT2D eigenvalue weighted by Crippen LogP contribution is -2.45. The zero-order chi connectivity index (χ0) is 47.5. The van der Waals surface area contributed by atoms with Gasteiger partial charge in [0.2, 0.25) is 11.8 Å². The minimum atomic E-state index is -1.06. The van der Waals surface area contributed by atoms with Gasteiger partial charge in [0.05, 0.1) is 48.8 Å². The zero-order valence-electron chi connectivity index (χ0n) is 37.5. The molecule has 4 aliphatic heterocycles. The van der Waals surface area contributed by atoms with E-state index in [9.17, 15) is 29.4 Å². The van der Waals surface area contributed by atoms with Gasteiger partial charge in [-0.3, -0.25) is 19.2 Å². The summed E-state index contributed by atoms with van der Waals surface area (Å²) < 4.78 is 24.3. The molecule has 4 aliphatic rings. The molecule has 0 aliphatic carbocycles. The number of carbonyl (C=O) groups is 4. The number of anilines is 5. The number of aliphatic hydroxyl groups excluding tert-OH is 2. The van der Waals surface area contributed by atoms with E-state index in [0.29, 0.717) is 94.4 Å². The van der Waals surface area contributed by atoms with E-state index in [1.165, 1.54) is 14.2 Å². The van der Waals surface area contributed by atoms with E-state index >= 15 is 0 Å². The van der Waals surface area contributed by atoms with Crippen molar-refractivity contribution in [3.8, 4) is 23.0 Å². The minimum Gasteiger partial charge on any atom is -0.493 e. The van der Waals surface area contributed by atoms with Crippen LogP contribution in [-0.4, -0.2) is 84.1 Å². The Labute approximate surface area is 401 Å². The van der Waals surface area contributed by atoms with Crippen molar-refractivity contribution in [2.75, 3.05) is 51.5 Å². The molecule has 0 radical (unpaired) electrons. The van der Waals surface area contributed by atoms with Crippen LogP contribution in [0.1, 0.15) is 68.7 Å². The fraction of sp³-hybridized carbons (Fsp3) is 0.320. The molecule has 5 aromatic carbocycles. The lowest BCUT2D eigenvalue weighted by atomic mass is 10.1. The highest BCUT2D eigenvalue weighted by atomic mass is 33.1. The molecule has 18 heteroatoms. The molecule has 0 saturated heterocycles. The highest BCUT2D eigenvalue weighted by Crippen LogP contribution is 2.44. The molecule has 0 saturated carbocycles. The first-order valence-corrected chi connectivity index (χ1v) is 24.9. The van der Waals surface area contributed by atoms with Crippen molar-refractivity contribution in [2.24, 2.45) is 5.73 Å². The number of hydrogen-bond donors (Lipinski definition) is 6. The molecular weight excluding hydrogens is 909 g/mol. The molecule has 4 amide bonds. The van der Waals surface area contributed by atoms with Crippen molar-refractivity contribution in [1.82, 2.24) is 0 Å². The van der Waals surface area contributed by atoms with Crippen LogP contribution in [0.15, 0.2) is 91.0 Å². The Morgan fingerprint density at radius 2 is 1.15 bits per heavy atom. The van der Waals surface area contributed by atoms with Gasteiger partial charge in [-0.15, -0.1) is 0 Å². The van der Waals surface area contributed by atoms with Gasteiger partial charge in [-0.1, -0.05) is 58.0 Å². The fourth-order valence-corrected chi connectivity index (χ4v) is 11.3. The summed E-state index contributed by atoms with van der Waals surface area (Å²) in [5.41, 5.74) is 12.0. The number of fused-ring (bicyclic) bond motifs is 8. The lowest BCUT2D eigenvalue weighted by Gasteiger charge is -2.26. The number of hydrogen-bond acceptors (Lipinski definition) is 14. The Bertz CT molecular complexity index is 2600. The van der Waals surface area contributed by atoms with Gasteiger partial charge >= 0.3 is 0 Å². The van der Waals surface area contributed by atoms with Gasteiger partial charge in [-0.25, -0.2) is 0 Å². The number of ether oxygens (including phenoxy) is 4. The highest BCUT2D eigenvalue weighted by molar-refractivity contribution is 8.76. The van der Waals surface area contributed by atoms with E-state index in [2.05, 4.69) is 16.0 Å². The number of nitrogens with zero attached hydrogens (tertiary/aromatic N) is 2. The molecule has 4 heterocycles. The van der Waals surface area contributed by atoms with Gasteiger partial charge in [-0.05, 0) is 90.4 Å². The molecule has 0 spiro atoms. The number of para-hydroxylation sites is 2. The molecule has 0 aromatic heterocycles. The largest absolute Gasteiger partial charge is 0.493 e. The molecule has 0 fully saturated rings. The minimum absolute atomic E-state index is 0.0149. The van der Waals surface area contributed by atoms with Crippen LogP contribution in [-0.2, 0) is 35.6 Å². The maximum atomic E-state index is 14.1. The van der Waals surface area contributed by atoms with Crippen LogP contribution in [0.3, 0.4) is 0 Å². The lowest BCUT2D eigenvalue weighted by molar-refractivity contribution is -0.118. The smallest absolute Gasteiger partial charge is 0.260 e. The van der Waals surface area contributed by atoms with E-state index in [1.807, 2.05) is 66.7 Å². The topological polar surface area (TPSA) is 214 Å². The Balaban J connectivity index is 0.942. The molecule has 0 bridgehead atoms. The molecule has 4 atom stereocenters. The maximum Gasteiger partial charge on any atom is 0.260 e. The van der Waals surface area contributed by atoms with Gasteiger partial charge < -0.3 is 60.6 Å². The summed E-state index contributed by atoms with van der Waals surface area (Å²) in [5.74, 6) is 1.78. The number of primary amides is 1. The number of rotatable bonds is 18. The van der Waals surface area contributed by atoms with Gasteiger partial charge in [0.25, 0.3) is 11.8 Å². The third-order valence-corrected chi connectivity index (χ3v) is 14.9. The van der Waals surface area contributed by atoms with Crippen LogP contribution >= 0.6 is 21.6 Å². The van der Waals surface area contributed by atoms with Crippen LogP contribution in [0.2, 0.25) is 0 Å². The standard InChI is InChI=1S/C50H52N6O10S2/c1-63-41-22-33-35(53-47(59)39-20-30-9-3-5-11-37(30)55(39)49(33)61)24-43(41)65-26-28-17-29(19-32(18-28)52-46(58)14-8-16-68-67-15-7-13-45(51)57)27-66-44-25-36-34(23-42(44)64-2)50(62)56-38-12-6-4-10-31(38)21-40(56)48(60)54-36/h3-6,9-12,17-19,22-25,39-40,47-48,53-54,59-60H,7-8,13-16,20-21,26-27H2,1-2H3,(H2,51,57)(H,52,58)/t39-,40-,47?,48?/m0/s1. The van der Waals surface area contributed by atoms with Gasteiger partial charge in [0.1, 0.15) is 25.7 Å². The van der Waals surface area contributed by atoms with Crippen LogP contribution < -0.4 is 50.4 Å². The van der Waals surface area contributed by atoms with Gasteiger partial charge in [-0.2, -0.15) is 0 Å². The third kappa shape index (κ3) is 9.72. The molecule has 5 aromatic rings. The summed E-state index contributed by atoms with van der Waals surface area (Å²) in [6, 6.07) is 26.2. The molecule has 7 N–H and O–H groups in total. The van der Waals surface area contributed by atoms with Crippen molar-refractivity contribution < 1.29 is 48.3 Å². The number of nitrogens with two attached hydrogens (primary N) is 1. The first-order valence-electron chi connectivity index (χ1n) is 22.4. The second-order valence-corrected chi connectivity index (χ2v) is 19.6. The van der Waals surface area contributed by atoms with Gasteiger partial charge in [0, 0.05) is 53.5 Å². The third-order valence-electron chi connectivity index (χ3n) is 12.4. The van der Waals surface area contributed by atoms with E-state index < -0.39 is 24.5 Å². The highest BCUT2D eigenvalue weighted by Gasteiger charge is 2.43. The second kappa shape index (κ2) is 20.3. The Morgan fingerprint density at radius 3 is 1.62 bits per heavy atom. The van der Waals surface area contributed by atoms with E-state index in [4.69, 9.17) is 24.7 Å². The van der Waals surface area contributed by atoms with Crippen molar-refractivity contribution in [3.05, 3.63) is 124 Å². The second-order valence-electron chi connectivity index (χ2n) is 16.9. The SMILES string of the molecule is COc1cc2c(cc1OCc1cc(COc3cc4c(cc3OC)C(=O)N3c5ccccc5C[C@H]3C(O)N4)cc(NC(=O)CCCSSCCCC(N)=O)c1)NC(O)[C@@H]1Cc3ccccc3N1C2=O. The predicted octanol–water partition coefficient (Wildman–Crippen LogP) is 6.86. The van der Waals surface area contributed by atoms with E-state index in [-0.39, 0.29) is 43.3 Å². The molecule has 9 rings (SSSR count). The molecule has 16 nitrogen and oxygen atoms in total. The van der Waals surface area contributed by atoms with Gasteiger partial charge in [0.15, 0.2) is 23.0 Å². The summed E-state index contributed by atoms with van der Waals surface area (Å²) in [6.07, 6.45) is 0.853. The Morgan fingerprint density at radius 1 is 0.676 bits per heavy atom. The maximum absolute atomic E-state index is 14.1. The number of aliphatic hydroxyl groups is 2. The molecule has 354 valence electrons. The monoisotopic (exact) mass is 960 g/mol. The van der Waals surface area contributed by atoms with Crippen LogP contribution in [0.5, 0.6) is 23.0 Å². The molecule has 2 unspecified atom stereocenters. The predicted molar refractivity (Wildman–Crippen MR) is 263 cm³/mol. The van der Waals surface area contributed by atoms with Crippen LogP contribution in [0.25, 0.3) is 0 Å². The zero-order valence-corrected chi connectivity index (χ0v) is 39.1. The van der Waals surface area contributed by atoms with Crippen molar-refractivity contribution in [3.63, 3.8) is 0 Å².